The fourth-order valence-corrected chi connectivity index (χ4v) is 1.33. The van der Waals surface area contributed by atoms with Crippen LogP contribution >= 0.6 is 12.4 Å². The molecule has 1 aromatic heterocycles. The van der Waals surface area contributed by atoms with E-state index < -0.39 is 4.92 Å². The Labute approximate surface area is 120 Å². The molecule has 0 spiro atoms. The number of rotatable bonds is 4. The predicted octanol–water partition coefficient (Wildman–Crippen LogP) is 1.08. The summed E-state index contributed by atoms with van der Waals surface area (Å²) in [5, 5.41) is 22.0. The number of non-ortho nitro benzene ring substituents is 1. The fraction of sp³-hybridized carbons (Fsp3) is 0.100. The summed E-state index contributed by atoms with van der Waals surface area (Å²) in [6.07, 6.45) is 1.43. The van der Waals surface area contributed by atoms with Gasteiger partial charge in [0.25, 0.3) is 11.6 Å². The average Bonchev–Trinajstić information content (AvgIpc) is 2.71. The Morgan fingerprint density at radius 3 is 2.85 bits per heavy atom. The van der Waals surface area contributed by atoms with Gasteiger partial charge in [0.05, 0.1) is 11.1 Å². The summed E-state index contributed by atoms with van der Waals surface area (Å²) < 4.78 is 1.24. The molecule has 20 heavy (non-hydrogen) atoms. The molecule has 0 aliphatic heterocycles. The number of aromatic nitrogens is 3. The van der Waals surface area contributed by atoms with Gasteiger partial charge in [-0.3, -0.25) is 10.1 Å². The molecule has 10 heteroatoms. The van der Waals surface area contributed by atoms with E-state index in [-0.39, 0.29) is 24.0 Å². The summed E-state index contributed by atoms with van der Waals surface area (Å²) in [7, 11) is 0. The van der Waals surface area contributed by atoms with Gasteiger partial charge in [0.15, 0.2) is 5.82 Å². The highest BCUT2D eigenvalue weighted by molar-refractivity contribution is 5.85. The lowest BCUT2D eigenvalue weighted by Crippen LogP contribution is -2.13. The summed E-state index contributed by atoms with van der Waals surface area (Å²) >= 11 is 0. The first-order valence-electron chi connectivity index (χ1n) is 5.28. The van der Waals surface area contributed by atoms with Crippen molar-refractivity contribution < 1.29 is 4.92 Å². The van der Waals surface area contributed by atoms with Crippen LogP contribution in [0.4, 0.5) is 11.6 Å². The van der Waals surface area contributed by atoms with E-state index in [2.05, 4.69) is 20.7 Å². The smallest absolute Gasteiger partial charge is 0.270 e. The van der Waals surface area contributed by atoms with Crippen LogP contribution in [0, 0.1) is 17.0 Å². The van der Waals surface area contributed by atoms with Gasteiger partial charge < -0.3 is 5.84 Å². The zero-order valence-electron chi connectivity index (χ0n) is 10.4. The monoisotopic (exact) mass is 297 g/mol. The van der Waals surface area contributed by atoms with E-state index in [1.807, 2.05) is 0 Å². The first-order valence-corrected chi connectivity index (χ1v) is 5.28. The third kappa shape index (κ3) is 3.42. The number of nitro benzene ring substituents is 1. The van der Waals surface area contributed by atoms with E-state index in [1.54, 1.807) is 19.1 Å². The minimum absolute atomic E-state index is 0. The Kier molecular flexibility index (Phi) is 4.98. The first kappa shape index (κ1) is 15.4. The van der Waals surface area contributed by atoms with Gasteiger partial charge in [-0.2, -0.15) is 5.10 Å². The molecule has 0 atom stereocenters. The molecular formula is C10H12ClN7O2. The maximum atomic E-state index is 10.6. The lowest BCUT2D eigenvalue weighted by molar-refractivity contribution is -0.384. The lowest BCUT2D eigenvalue weighted by Gasteiger charge is -1.99. The number of halogens is 1. The van der Waals surface area contributed by atoms with E-state index in [1.165, 1.54) is 23.0 Å². The SMILES string of the molecule is Cc1nnc(NN=Cc2cccc([N+](=O)[O-])c2)n1N.Cl. The Morgan fingerprint density at radius 2 is 2.25 bits per heavy atom. The predicted molar refractivity (Wildman–Crippen MR) is 76.5 cm³/mol. The molecule has 2 rings (SSSR count). The van der Waals surface area contributed by atoms with E-state index in [0.29, 0.717) is 11.4 Å². The normalized spacial score (nSPS) is 10.2. The molecule has 0 saturated carbocycles. The number of nitrogen functional groups attached to an aromatic ring is 1. The maximum Gasteiger partial charge on any atom is 0.270 e. The molecule has 0 amide bonds. The van der Waals surface area contributed by atoms with Crippen LogP contribution in [-0.4, -0.2) is 26.0 Å². The molecule has 0 aliphatic rings. The Hall–Kier alpha value is -2.68. The Bertz CT molecular complexity index is 640. The largest absolute Gasteiger partial charge is 0.335 e. The van der Waals surface area contributed by atoms with Crippen molar-refractivity contribution in [3.63, 3.8) is 0 Å². The molecule has 1 aromatic carbocycles. The average molecular weight is 298 g/mol. The molecule has 9 nitrogen and oxygen atoms in total. The maximum absolute atomic E-state index is 10.6. The first-order chi connectivity index (χ1) is 9.08. The second-order valence-corrected chi connectivity index (χ2v) is 3.66. The van der Waals surface area contributed by atoms with Crippen molar-refractivity contribution >= 4 is 30.3 Å². The topological polar surface area (TPSA) is 124 Å². The van der Waals surface area contributed by atoms with Crippen molar-refractivity contribution in [2.24, 2.45) is 5.10 Å². The summed E-state index contributed by atoms with van der Waals surface area (Å²) in [4.78, 5) is 10.1. The Balaban J connectivity index is 0.00000200. The highest BCUT2D eigenvalue weighted by Crippen LogP contribution is 2.11. The fourth-order valence-electron chi connectivity index (χ4n) is 1.33. The van der Waals surface area contributed by atoms with Crippen LogP contribution in [-0.2, 0) is 0 Å². The standard InChI is InChI=1S/C10H11N7O2.ClH/c1-7-13-15-10(16(7)11)14-12-6-8-3-2-4-9(5-8)17(18)19;/h2-6H,11H2,1H3,(H,14,15);1H. The summed E-state index contributed by atoms with van der Waals surface area (Å²) in [6.45, 7) is 1.70. The van der Waals surface area contributed by atoms with Gasteiger partial charge >= 0.3 is 0 Å². The van der Waals surface area contributed by atoms with Crippen molar-refractivity contribution in [3.05, 3.63) is 45.8 Å². The van der Waals surface area contributed by atoms with Crippen LogP contribution in [0.1, 0.15) is 11.4 Å². The highest BCUT2D eigenvalue weighted by atomic mass is 35.5. The van der Waals surface area contributed by atoms with Crippen molar-refractivity contribution in [3.8, 4) is 0 Å². The molecule has 0 aliphatic carbocycles. The third-order valence-corrected chi connectivity index (χ3v) is 2.33. The van der Waals surface area contributed by atoms with Gasteiger partial charge in [-0.05, 0) is 6.92 Å². The molecule has 0 bridgehead atoms. The number of nitrogens with zero attached hydrogens (tertiary/aromatic N) is 5. The van der Waals surface area contributed by atoms with Gasteiger partial charge in [0.1, 0.15) is 0 Å². The number of nitro groups is 1. The number of hydrogen-bond donors (Lipinski definition) is 2. The molecule has 0 radical (unpaired) electrons. The second kappa shape index (κ2) is 6.48. The zero-order valence-corrected chi connectivity index (χ0v) is 11.2. The minimum Gasteiger partial charge on any atom is -0.335 e. The zero-order chi connectivity index (χ0) is 13.8. The molecule has 0 unspecified atom stereocenters. The van der Waals surface area contributed by atoms with E-state index in [4.69, 9.17) is 5.84 Å². The van der Waals surface area contributed by atoms with E-state index in [9.17, 15) is 10.1 Å². The number of benzene rings is 1. The minimum atomic E-state index is -0.468. The van der Waals surface area contributed by atoms with E-state index in [0.717, 1.165) is 0 Å². The molecule has 2 aromatic rings. The van der Waals surface area contributed by atoms with Crippen LogP contribution in [0.2, 0.25) is 0 Å². The highest BCUT2D eigenvalue weighted by Gasteiger charge is 2.05. The third-order valence-electron chi connectivity index (χ3n) is 2.33. The van der Waals surface area contributed by atoms with Gasteiger partial charge in [-0.1, -0.05) is 12.1 Å². The van der Waals surface area contributed by atoms with Gasteiger partial charge in [-0.25, -0.2) is 10.1 Å². The number of hydrazone groups is 1. The van der Waals surface area contributed by atoms with Crippen molar-refractivity contribution in [1.82, 2.24) is 14.9 Å². The number of aryl methyl sites for hydroxylation is 1. The van der Waals surface area contributed by atoms with Crippen LogP contribution in [0.15, 0.2) is 29.4 Å². The lowest BCUT2D eigenvalue weighted by atomic mass is 10.2. The number of nitrogens with two attached hydrogens (primary N) is 1. The van der Waals surface area contributed by atoms with Crippen LogP contribution in [0.3, 0.4) is 0 Å². The number of anilines is 1. The number of hydrogen-bond acceptors (Lipinski definition) is 7. The van der Waals surface area contributed by atoms with Gasteiger partial charge in [-0.15, -0.1) is 22.6 Å². The van der Waals surface area contributed by atoms with Crippen molar-refractivity contribution in [2.75, 3.05) is 11.3 Å². The molecule has 1 heterocycles. The van der Waals surface area contributed by atoms with Gasteiger partial charge in [0, 0.05) is 17.7 Å². The molecule has 3 N–H and O–H groups in total. The second-order valence-electron chi connectivity index (χ2n) is 3.66. The van der Waals surface area contributed by atoms with Crippen LogP contribution < -0.4 is 11.3 Å². The van der Waals surface area contributed by atoms with Crippen LogP contribution in [0.25, 0.3) is 0 Å². The van der Waals surface area contributed by atoms with Crippen molar-refractivity contribution in [2.45, 2.75) is 6.92 Å². The quantitative estimate of drug-likeness (QED) is 0.376. The Morgan fingerprint density at radius 1 is 1.50 bits per heavy atom. The summed E-state index contributed by atoms with van der Waals surface area (Å²) in [5.74, 6) is 6.42. The molecule has 0 saturated heterocycles. The summed E-state index contributed by atoms with van der Waals surface area (Å²) in [5.41, 5.74) is 3.18. The van der Waals surface area contributed by atoms with E-state index >= 15 is 0 Å². The van der Waals surface area contributed by atoms with Crippen LogP contribution in [0.5, 0.6) is 0 Å². The van der Waals surface area contributed by atoms with Gasteiger partial charge in [0.2, 0.25) is 0 Å². The molecule has 106 valence electrons. The molecule has 0 fully saturated rings. The molecular weight excluding hydrogens is 286 g/mol. The number of nitrogens with one attached hydrogen (secondary N) is 1. The summed E-state index contributed by atoms with van der Waals surface area (Å²) in [6, 6.07) is 6.08. The van der Waals surface area contributed by atoms with Crippen molar-refractivity contribution in [1.29, 1.82) is 0 Å².